The van der Waals surface area contributed by atoms with E-state index in [4.69, 9.17) is 0 Å². The molecule has 3 atom stereocenters. The Hall–Kier alpha value is -2.00. The van der Waals surface area contributed by atoms with Crippen LogP contribution in [0.1, 0.15) is 58.1 Å². The molecule has 0 spiro atoms. The van der Waals surface area contributed by atoms with E-state index in [0.29, 0.717) is 29.3 Å². The van der Waals surface area contributed by atoms with E-state index in [1.54, 1.807) is 0 Å². The number of fused-ring (bicyclic) bond motifs is 1. The van der Waals surface area contributed by atoms with Gasteiger partial charge >= 0.3 is 0 Å². The zero-order chi connectivity index (χ0) is 22.0. The van der Waals surface area contributed by atoms with Crippen molar-refractivity contribution >= 4 is 27.3 Å². The highest BCUT2D eigenvalue weighted by molar-refractivity contribution is 7.20. The highest BCUT2D eigenvalue weighted by Crippen LogP contribution is 2.27. The van der Waals surface area contributed by atoms with Crippen LogP contribution >= 0.6 is 11.3 Å². The summed E-state index contributed by atoms with van der Waals surface area (Å²) in [6.45, 7) is 9.71. The first kappa shape index (κ1) is 22.2. The van der Waals surface area contributed by atoms with Gasteiger partial charge in [0.2, 0.25) is 16.0 Å². The first-order chi connectivity index (χ1) is 14.9. The molecule has 4 rings (SSSR count). The maximum Gasteiger partial charge on any atom is 0.275 e. The van der Waals surface area contributed by atoms with Crippen molar-refractivity contribution in [1.82, 2.24) is 24.8 Å². The molecule has 2 aliphatic rings. The summed E-state index contributed by atoms with van der Waals surface area (Å²) in [6, 6.07) is 2.78. The molecule has 2 saturated heterocycles. The zero-order valence-corrected chi connectivity index (χ0v) is 19.7. The molecule has 0 radical (unpaired) electrons. The molecule has 0 saturated carbocycles. The van der Waals surface area contributed by atoms with Crippen molar-refractivity contribution in [3.8, 4) is 0 Å². The van der Waals surface area contributed by atoms with E-state index in [2.05, 4.69) is 39.0 Å². The van der Waals surface area contributed by atoms with Crippen molar-refractivity contribution in [3.05, 3.63) is 22.1 Å². The SMILES string of the molecule is Cc1cc(=O)n2nc(N3CCC[C@@H](C(=O)NCCCN4[C@H](C)CCC[C@@H]4C)C3)sc2n1. The maximum atomic E-state index is 12.8. The van der Waals surface area contributed by atoms with E-state index < -0.39 is 0 Å². The van der Waals surface area contributed by atoms with Gasteiger partial charge in [0.1, 0.15) is 0 Å². The van der Waals surface area contributed by atoms with Crippen LogP contribution in [0, 0.1) is 12.8 Å². The number of amides is 1. The summed E-state index contributed by atoms with van der Waals surface area (Å²) in [5.74, 6) is 0.0942. The summed E-state index contributed by atoms with van der Waals surface area (Å²) in [6.07, 6.45) is 6.71. The Morgan fingerprint density at radius 2 is 2.00 bits per heavy atom. The molecule has 9 heteroatoms. The van der Waals surface area contributed by atoms with Gasteiger partial charge in [0.25, 0.3) is 5.56 Å². The Kier molecular flexibility index (Phi) is 6.91. The van der Waals surface area contributed by atoms with Crippen LogP contribution in [-0.4, -0.2) is 63.7 Å². The van der Waals surface area contributed by atoms with Gasteiger partial charge < -0.3 is 10.2 Å². The van der Waals surface area contributed by atoms with Crippen LogP contribution in [-0.2, 0) is 4.79 Å². The number of carbonyl (C=O) groups excluding carboxylic acids is 1. The van der Waals surface area contributed by atoms with Crippen LogP contribution in [0.25, 0.3) is 4.96 Å². The normalized spacial score (nSPS) is 25.1. The molecule has 1 N–H and O–H groups in total. The van der Waals surface area contributed by atoms with Gasteiger partial charge in [-0.25, -0.2) is 4.98 Å². The minimum atomic E-state index is -0.159. The third kappa shape index (κ3) is 5.09. The average molecular weight is 447 g/mol. The van der Waals surface area contributed by atoms with E-state index in [-0.39, 0.29) is 17.4 Å². The van der Waals surface area contributed by atoms with Gasteiger partial charge in [0.15, 0.2) is 0 Å². The number of piperidine rings is 2. The lowest BCUT2D eigenvalue weighted by atomic mass is 9.97. The number of aryl methyl sites for hydroxylation is 1. The second-order valence-corrected chi connectivity index (χ2v) is 10.0. The van der Waals surface area contributed by atoms with Gasteiger partial charge in [-0.3, -0.25) is 14.5 Å². The molecule has 0 aromatic carbocycles. The van der Waals surface area contributed by atoms with E-state index in [0.717, 1.165) is 44.0 Å². The van der Waals surface area contributed by atoms with E-state index in [1.807, 2.05) is 6.92 Å². The molecule has 2 aliphatic heterocycles. The predicted molar refractivity (Wildman–Crippen MR) is 124 cm³/mol. The maximum absolute atomic E-state index is 12.8. The Labute approximate surface area is 187 Å². The van der Waals surface area contributed by atoms with Gasteiger partial charge in [-0.15, -0.1) is 5.10 Å². The Morgan fingerprint density at radius 3 is 2.77 bits per heavy atom. The molecule has 0 aliphatic carbocycles. The van der Waals surface area contributed by atoms with Crippen LogP contribution in [0.5, 0.6) is 0 Å². The third-order valence-corrected chi connectivity index (χ3v) is 7.66. The summed E-state index contributed by atoms with van der Waals surface area (Å²) in [5.41, 5.74) is 0.540. The number of aromatic nitrogens is 3. The molecule has 8 nitrogen and oxygen atoms in total. The minimum Gasteiger partial charge on any atom is -0.356 e. The summed E-state index contributed by atoms with van der Waals surface area (Å²) in [4.78, 5) is 34.7. The van der Waals surface area contributed by atoms with Gasteiger partial charge in [0.05, 0.1) is 5.92 Å². The van der Waals surface area contributed by atoms with Gasteiger partial charge in [-0.05, 0) is 52.9 Å². The average Bonchev–Trinajstić information content (AvgIpc) is 3.17. The molecule has 2 aromatic rings. The monoisotopic (exact) mass is 446 g/mol. The Morgan fingerprint density at radius 1 is 1.23 bits per heavy atom. The number of carbonyl (C=O) groups is 1. The molecule has 2 fully saturated rings. The van der Waals surface area contributed by atoms with Crippen molar-refractivity contribution in [3.63, 3.8) is 0 Å². The van der Waals surface area contributed by atoms with Crippen molar-refractivity contribution in [2.45, 2.75) is 71.4 Å². The lowest BCUT2D eigenvalue weighted by Crippen LogP contribution is -2.46. The van der Waals surface area contributed by atoms with E-state index >= 15 is 0 Å². The Bertz CT molecular complexity index is 963. The fourth-order valence-electron chi connectivity index (χ4n) is 4.94. The van der Waals surface area contributed by atoms with Crippen LogP contribution in [0.15, 0.2) is 10.9 Å². The first-order valence-electron chi connectivity index (χ1n) is 11.6. The molecule has 4 heterocycles. The van der Waals surface area contributed by atoms with Gasteiger partial charge in [-0.1, -0.05) is 17.8 Å². The largest absolute Gasteiger partial charge is 0.356 e. The smallest absolute Gasteiger partial charge is 0.275 e. The topological polar surface area (TPSA) is 82.8 Å². The summed E-state index contributed by atoms with van der Waals surface area (Å²) in [7, 11) is 0. The number of rotatable bonds is 6. The van der Waals surface area contributed by atoms with Crippen molar-refractivity contribution in [2.75, 3.05) is 31.1 Å². The second kappa shape index (κ2) is 9.65. The molecule has 1 amide bonds. The lowest BCUT2D eigenvalue weighted by molar-refractivity contribution is -0.125. The Balaban J connectivity index is 1.29. The van der Waals surface area contributed by atoms with Crippen molar-refractivity contribution in [1.29, 1.82) is 0 Å². The summed E-state index contributed by atoms with van der Waals surface area (Å²) < 4.78 is 1.36. The number of hydrogen-bond donors (Lipinski definition) is 1. The highest BCUT2D eigenvalue weighted by Gasteiger charge is 2.28. The number of nitrogens with zero attached hydrogens (tertiary/aromatic N) is 5. The molecule has 0 unspecified atom stereocenters. The fourth-order valence-corrected chi connectivity index (χ4v) is 5.92. The van der Waals surface area contributed by atoms with Crippen molar-refractivity contribution in [2.24, 2.45) is 5.92 Å². The number of likely N-dealkylation sites (tertiary alicyclic amines) is 1. The van der Waals surface area contributed by atoms with E-state index in [9.17, 15) is 9.59 Å². The summed E-state index contributed by atoms with van der Waals surface area (Å²) in [5, 5.41) is 8.39. The van der Waals surface area contributed by atoms with Gasteiger partial charge in [0, 0.05) is 50.0 Å². The first-order valence-corrected chi connectivity index (χ1v) is 12.4. The molecule has 0 bridgehead atoms. The number of hydrogen-bond acceptors (Lipinski definition) is 7. The standard InChI is InChI=1S/C22H34N6O2S/c1-15-13-19(29)28-21(24-15)31-22(25-28)26-11-5-9-18(14-26)20(30)23-10-6-12-27-16(2)7-4-8-17(27)3/h13,16-18H,4-12,14H2,1-3H3,(H,23,30)/t16-,17+,18-/m1/s1. The fraction of sp³-hybridized carbons (Fsp3) is 0.727. The minimum absolute atomic E-state index is 0.0417. The quantitative estimate of drug-likeness (QED) is 0.687. The van der Waals surface area contributed by atoms with E-state index in [1.165, 1.54) is 41.2 Å². The van der Waals surface area contributed by atoms with Crippen LogP contribution in [0.3, 0.4) is 0 Å². The predicted octanol–water partition coefficient (Wildman–Crippen LogP) is 2.45. The van der Waals surface area contributed by atoms with Gasteiger partial charge in [-0.2, -0.15) is 4.52 Å². The third-order valence-electron chi connectivity index (χ3n) is 6.69. The number of anilines is 1. The highest BCUT2D eigenvalue weighted by atomic mass is 32.1. The van der Waals surface area contributed by atoms with Crippen LogP contribution in [0.2, 0.25) is 0 Å². The van der Waals surface area contributed by atoms with Crippen molar-refractivity contribution < 1.29 is 4.79 Å². The summed E-state index contributed by atoms with van der Waals surface area (Å²) >= 11 is 1.41. The molecule has 170 valence electrons. The molecular weight excluding hydrogens is 412 g/mol. The number of nitrogens with one attached hydrogen (secondary N) is 1. The molecule has 2 aromatic heterocycles. The molecule has 31 heavy (non-hydrogen) atoms. The second-order valence-electron chi connectivity index (χ2n) is 9.11. The zero-order valence-electron chi connectivity index (χ0n) is 18.8. The van der Waals surface area contributed by atoms with Crippen LogP contribution in [0.4, 0.5) is 5.13 Å². The molecular formula is C22H34N6O2S. The van der Waals surface area contributed by atoms with Crippen LogP contribution < -0.4 is 15.8 Å². The lowest BCUT2D eigenvalue weighted by Gasteiger charge is -2.39.